The highest BCUT2D eigenvalue weighted by Gasteiger charge is 2.19. The van der Waals surface area contributed by atoms with Gasteiger partial charge in [0, 0.05) is 23.4 Å². The molecule has 0 aliphatic heterocycles. The maximum Gasteiger partial charge on any atom is 0.156 e. The average molecular weight is 260 g/mol. The quantitative estimate of drug-likeness (QED) is 0.843. The summed E-state index contributed by atoms with van der Waals surface area (Å²) in [7, 11) is 0. The van der Waals surface area contributed by atoms with Gasteiger partial charge in [-0.3, -0.25) is 5.10 Å². The average Bonchev–Trinajstić information content (AvgIpc) is 2.97. The summed E-state index contributed by atoms with van der Waals surface area (Å²) >= 11 is 5.40. The third-order valence-electron chi connectivity index (χ3n) is 3.55. The lowest BCUT2D eigenvalue weighted by Gasteiger charge is -2.06. The number of H-pyrrole nitrogens is 1. The van der Waals surface area contributed by atoms with Gasteiger partial charge in [0.25, 0.3) is 0 Å². The van der Waals surface area contributed by atoms with Crippen LogP contribution >= 0.6 is 12.2 Å². The molecular weight excluding hydrogens is 244 g/mol. The van der Waals surface area contributed by atoms with Crippen molar-refractivity contribution in [1.82, 2.24) is 19.7 Å². The number of rotatable bonds is 2. The zero-order chi connectivity index (χ0) is 12.5. The molecule has 0 saturated heterocycles. The Balaban J connectivity index is 2.00. The molecule has 2 aromatic heterocycles. The Kier molecular flexibility index (Phi) is 2.99. The van der Waals surface area contributed by atoms with E-state index < -0.39 is 0 Å². The molecular formula is C13H16N4S. The van der Waals surface area contributed by atoms with E-state index >= 15 is 0 Å². The summed E-state index contributed by atoms with van der Waals surface area (Å²) in [6.45, 7) is 1.95. The molecule has 1 saturated carbocycles. The second kappa shape index (κ2) is 4.65. The smallest absolute Gasteiger partial charge is 0.156 e. The molecule has 1 N–H and O–H groups in total. The third kappa shape index (κ3) is 2.10. The van der Waals surface area contributed by atoms with Gasteiger partial charge in [0.1, 0.15) is 11.0 Å². The number of hydrogen-bond acceptors (Lipinski definition) is 3. The molecule has 94 valence electrons. The Morgan fingerprint density at radius 2 is 2.06 bits per heavy atom. The zero-order valence-electron chi connectivity index (χ0n) is 10.4. The number of aryl methyl sites for hydroxylation is 1. The highest BCUT2D eigenvalue weighted by molar-refractivity contribution is 7.71. The summed E-state index contributed by atoms with van der Waals surface area (Å²) < 4.78 is 2.66. The molecule has 0 amide bonds. The number of nitrogens with one attached hydrogen (secondary N) is 1. The fourth-order valence-electron chi connectivity index (χ4n) is 2.59. The Morgan fingerprint density at radius 1 is 1.28 bits per heavy atom. The Hall–Kier alpha value is -1.49. The van der Waals surface area contributed by atoms with Gasteiger partial charge in [-0.1, -0.05) is 25.1 Å². The SMILES string of the molecule is Cc1cc(-n2[nH]c(C3CCCC3)cc2=S)ncn1. The van der Waals surface area contributed by atoms with Gasteiger partial charge in [-0.2, -0.15) is 0 Å². The van der Waals surface area contributed by atoms with E-state index in [1.807, 2.05) is 17.7 Å². The Labute approximate surface area is 111 Å². The maximum absolute atomic E-state index is 5.40. The largest absolute Gasteiger partial charge is 0.295 e. The molecule has 1 aliphatic rings. The third-order valence-corrected chi connectivity index (χ3v) is 3.85. The standard InChI is InChI=1S/C13H16N4S/c1-9-6-12(15-8-14-9)17-13(18)7-11(16-17)10-4-2-3-5-10/h6-8,10,16H,2-5H2,1H3. The van der Waals surface area contributed by atoms with Crippen LogP contribution in [-0.2, 0) is 0 Å². The van der Waals surface area contributed by atoms with Crippen molar-refractivity contribution in [2.24, 2.45) is 0 Å². The van der Waals surface area contributed by atoms with E-state index in [1.165, 1.54) is 31.4 Å². The first-order valence-corrected chi connectivity index (χ1v) is 6.76. The van der Waals surface area contributed by atoms with Crippen molar-refractivity contribution in [1.29, 1.82) is 0 Å². The van der Waals surface area contributed by atoms with E-state index in [4.69, 9.17) is 12.2 Å². The molecule has 2 aromatic rings. The summed E-state index contributed by atoms with van der Waals surface area (Å²) in [5, 5.41) is 3.39. The van der Waals surface area contributed by atoms with E-state index in [9.17, 15) is 0 Å². The van der Waals surface area contributed by atoms with Gasteiger partial charge >= 0.3 is 0 Å². The summed E-state index contributed by atoms with van der Waals surface area (Å²) in [4.78, 5) is 8.37. The Morgan fingerprint density at radius 3 is 2.78 bits per heavy atom. The van der Waals surface area contributed by atoms with E-state index in [1.54, 1.807) is 6.33 Å². The highest BCUT2D eigenvalue weighted by atomic mass is 32.1. The predicted molar refractivity (Wildman–Crippen MR) is 72.5 cm³/mol. The van der Waals surface area contributed by atoms with Crippen LogP contribution < -0.4 is 0 Å². The number of nitrogens with zero attached hydrogens (tertiary/aromatic N) is 3. The van der Waals surface area contributed by atoms with Gasteiger partial charge < -0.3 is 0 Å². The lowest BCUT2D eigenvalue weighted by molar-refractivity contribution is 0.674. The van der Waals surface area contributed by atoms with Gasteiger partial charge in [-0.05, 0) is 25.8 Å². The molecule has 0 bridgehead atoms. The topological polar surface area (TPSA) is 46.5 Å². The van der Waals surface area contributed by atoms with Gasteiger partial charge in [-0.15, -0.1) is 0 Å². The van der Waals surface area contributed by atoms with Crippen molar-refractivity contribution in [3.8, 4) is 5.82 Å². The molecule has 0 atom stereocenters. The molecule has 0 radical (unpaired) electrons. The molecule has 0 spiro atoms. The minimum Gasteiger partial charge on any atom is -0.295 e. The van der Waals surface area contributed by atoms with E-state index in [0.717, 1.165) is 16.2 Å². The predicted octanol–water partition coefficient (Wildman–Crippen LogP) is 3.29. The van der Waals surface area contributed by atoms with Crippen LogP contribution in [0.1, 0.15) is 43.0 Å². The second-order valence-corrected chi connectivity index (χ2v) is 5.30. The second-order valence-electron chi connectivity index (χ2n) is 4.88. The fourth-order valence-corrected chi connectivity index (χ4v) is 2.86. The van der Waals surface area contributed by atoms with Crippen molar-refractivity contribution in [3.63, 3.8) is 0 Å². The van der Waals surface area contributed by atoms with E-state index in [0.29, 0.717) is 5.92 Å². The van der Waals surface area contributed by atoms with Crippen molar-refractivity contribution >= 4 is 12.2 Å². The van der Waals surface area contributed by atoms with E-state index in [-0.39, 0.29) is 0 Å². The molecule has 1 aliphatic carbocycles. The number of aromatic nitrogens is 4. The molecule has 5 heteroatoms. The first-order chi connectivity index (χ1) is 8.74. The van der Waals surface area contributed by atoms with Crippen LogP contribution in [0, 0.1) is 11.6 Å². The lowest BCUT2D eigenvalue weighted by atomic mass is 10.1. The van der Waals surface area contributed by atoms with Crippen LogP contribution in [-0.4, -0.2) is 19.7 Å². The number of hydrogen-bond donors (Lipinski definition) is 1. The molecule has 4 nitrogen and oxygen atoms in total. The van der Waals surface area contributed by atoms with Gasteiger partial charge in [-0.25, -0.2) is 14.6 Å². The first kappa shape index (κ1) is 11.6. The van der Waals surface area contributed by atoms with Crippen LogP contribution in [0.25, 0.3) is 5.82 Å². The van der Waals surface area contributed by atoms with Gasteiger partial charge in [0.15, 0.2) is 5.82 Å². The van der Waals surface area contributed by atoms with Crippen LogP contribution in [0.2, 0.25) is 0 Å². The van der Waals surface area contributed by atoms with Crippen molar-refractivity contribution in [2.75, 3.05) is 0 Å². The van der Waals surface area contributed by atoms with Crippen molar-refractivity contribution in [3.05, 3.63) is 34.5 Å². The molecule has 2 heterocycles. The minimum absolute atomic E-state index is 0.635. The molecule has 3 rings (SSSR count). The van der Waals surface area contributed by atoms with Crippen LogP contribution in [0.3, 0.4) is 0 Å². The summed E-state index contributed by atoms with van der Waals surface area (Å²) in [6.07, 6.45) is 6.74. The summed E-state index contributed by atoms with van der Waals surface area (Å²) in [5.74, 6) is 1.45. The monoisotopic (exact) mass is 260 g/mol. The fraction of sp³-hybridized carbons (Fsp3) is 0.462. The van der Waals surface area contributed by atoms with E-state index in [2.05, 4.69) is 21.1 Å². The number of aromatic amines is 1. The molecule has 1 fully saturated rings. The normalized spacial score (nSPS) is 16.3. The summed E-state index contributed by atoms with van der Waals surface area (Å²) in [6, 6.07) is 4.01. The highest BCUT2D eigenvalue weighted by Crippen LogP contribution is 2.33. The molecule has 18 heavy (non-hydrogen) atoms. The Bertz CT molecular complexity index is 607. The minimum atomic E-state index is 0.635. The van der Waals surface area contributed by atoms with Crippen LogP contribution in [0.4, 0.5) is 0 Å². The molecule has 0 unspecified atom stereocenters. The van der Waals surface area contributed by atoms with Crippen molar-refractivity contribution in [2.45, 2.75) is 38.5 Å². The maximum atomic E-state index is 5.40. The van der Waals surface area contributed by atoms with Gasteiger partial charge in [0.2, 0.25) is 0 Å². The van der Waals surface area contributed by atoms with Gasteiger partial charge in [0.05, 0.1) is 0 Å². The zero-order valence-corrected chi connectivity index (χ0v) is 11.2. The van der Waals surface area contributed by atoms with Crippen LogP contribution in [0.15, 0.2) is 18.5 Å². The lowest BCUT2D eigenvalue weighted by Crippen LogP contribution is -2.02. The first-order valence-electron chi connectivity index (χ1n) is 6.35. The van der Waals surface area contributed by atoms with Crippen LogP contribution in [0.5, 0.6) is 0 Å². The summed E-state index contributed by atoms with van der Waals surface area (Å²) in [5.41, 5.74) is 2.19. The van der Waals surface area contributed by atoms with Crippen molar-refractivity contribution < 1.29 is 0 Å². The molecule has 0 aromatic carbocycles.